The molecule has 1 aromatic carbocycles. The highest BCUT2D eigenvalue weighted by Crippen LogP contribution is 2.18. The highest BCUT2D eigenvalue weighted by atomic mass is 16.4. The zero-order chi connectivity index (χ0) is 11.4. The Morgan fingerprint density at radius 1 is 1.47 bits per heavy atom. The monoisotopic (exact) mass is 206 g/mol. The number of phenolic OH excluding ortho intramolecular Hbond substituents is 1. The Kier molecular flexibility index (Phi) is 3.07. The van der Waals surface area contributed by atoms with Crippen molar-refractivity contribution in [2.24, 2.45) is 5.73 Å². The number of aliphatic carboxylic acids is 1. The van der Waals surface area contributed by atoms with E-state index < -0.39 is 5.97 Å². The van der Waals surface area contributed by atoms with E-state index in [1.54, 1.807) is 6.07 Å². The minimum atomic E-state index is -1.06. The lowest BCUT2D eigenvalue weighted by Crippen LogP contribution is -2.10. The molecule has 0 heterocycles. The number of nitrogen functional groups attached to an aromatic ring is 1. The Labute approximate surface area is 86.0 Å². The molecule has 5 heteroatoms. The van der Waals surface area contributed by atoms with E-state index in [-0.39, 0.29) is 17.1 Å². The number of amidine groups is 1. The van der Waals surface area contributed by atoms with Crippen LogP contribution in [0, 0.1) is 5.41 Å². The van der Waals surface area contributed by atoms with Gasteiger partial charge in [-0.2, -0.15) is 0 Å². The van der Waals surface area contributed by atoms with E-state index >= 15 is 0 Å². The Morgan fingerprint density at radius 3 is 2.60 bits per heavy atom. The van der Waals surface area contributed by atoms with Crippen LogP contribution in [0.2, 0.25) is 0 Å². The summed E-state index contributed by atoms with van der Waals surface area (Å²) in [5, 5.41) is 24.9. The second-order valence-corrected chi connectivity index (χ2v) is 2.86. The lowest BCUT2D eigenvalue weighted by molar-refractivity contribution is -0.131. The molecule has 0 amide bonds. The average Bonchev–Trinajstić information content (AvgIpc) is 2.14. The van der Waals surface area contributed by atoms with Gasteiger partial charge in [0.1, 0.15) is 11.6 Å². The molecule has 0 aromatic heterocycles. The predicted octanol–water partition coefficient (Wildman–Crippen LogP) is 0.774. The SMILES string of the molecule is N=C(N)c1ccc(/C=C/C(=O)O)cc1O. The van der Waals surface area contributed by atoms with Crippen LogP contribution in [-0.2, 0) is 4.79 Å². The lowest BCUT2D eigenvalue weighted by Gasteiger charge is -2.02. The number of carboxylic acids is 1. The van der Waals surface area contributed by atoms with Crippen LogP contribution in [0.3, 0.4) is 0 Å². The van der Waals surface area contributed by atoms with Crippen molar-refractivity contribution >= 4 is 17.9 Å². The molecule has 5 nitrogen and oxygen atoms in total. The predicted molar refractivity (Wildman–Crippen MR) is 55.8 cm³/mol. The molecule has 0 unspecified atom stereocenters. The van der Waals surface area contributed by atoms with Gasteiger partial charge in [0.15, 0.2) is 0 Å². The minimum absolute atomic E-state index is 0.143. The van der Waals surface area contributed by atoms with Crippen molar-refractivity contribution in [2.45, 2.75) is 0 Å². The van der Waals surface area contributed by atoms with Gasteiger partial charge in [0.25, 0.3) is 0 Å². The molecule has 15 heavy (non-hydrogen) atoms. The lowest BCUT2D eigenvalue weighted by atomic mass is 10.1. The molecule has 5 N–H and O–H groups in total. The highest BCUT2D eigenvalue weighted by molar-refractivity contribution is 5.97. The van der Waals surface area contributed by atoms with Crippen LogP contribution < -0.4 is 5.73 Å². The molecule has 0 fully saturated rings. The minimum Gasteiger partial charge on any atom is -0.507 e. The van der Waals surface area contributed by atoms with Crippen LogP contribution in [-0.4, -0.2) is 22.0 Å². The number of carboxylic acid groups (broad SMARTS) is 1. The average molecular weight is 206 g/mol. The maximum Gasteiger partial charge on any atom is 0.328 e. The van der Waals surface area contributed by atoms with Crippen LogP contribution >= 0.6 is 0 Å². The van der Waals surface area contributed by atoms with E-state index in [2.05, 4.69) is 0 Å². The Bertz CT molecular complexity index is 438. The normalized spacial score (nSPS) is 10.4. The smallest absolute Gasteiger partial charge is 0.328 e. The first-order valence-corrected chi connectivity index (χ1v) is 4.09. The van der Waals surface area contributed by atoms with Crippen molar-refractivity contribution in [2.75, 3.05) is 0 Å². The van der Waals surface area contributed by atoms with Crippen LogP contribution in [0.1, 0.15) is 11.1 Å². The third kappa shape index (κ3) is 2.84. The number of phenols is 1. The van der Waals surface area contributed by atoms with Gasteiger partial charge in [-0.25, -0.2) is 4.79 Å². The summed E-state index contributed by atoms with van der Waals surface area (Å²) in [5.74, 6) is -1.44. The molecule has 0 aliphatic rings. The van der Waals surface area contributed by atoms with Gasteiger partial charge >= 0.3 is 5.97 Å². The molecule has 1 rings (SSSR count). The zero-order valence-corrected chi connectivity index (χ0v) is 7.77. The fraction of sp³-hybridized carbons (Fsp3) is 0. The molecule has 78 valence electrons. The Morgan fingerprint density at radius 2 is 2.13 bits per heavy atom. The summed E-state index contributed by atoms with van der Waals surface area (Å²) in [6, 6.07) is 4.37. The van der Waals surface area contributed by atoms with E-state index in [9.17, 15) is 9.90 Å². The molecular formula is C10H10N2O3. The number of hydrogen-bond acceptors (Lipinski definition) is 3. The van der Waals surface area contributed by atoms with E-state index in [1.165, 1.54) is 18.2 Å². The van der Waals surface area contributed by atoms with Crippen LogP contribution in [0.5, 0.6) is 5.75 Å². The number of hydrogen-bond donors (Lipinski definition) is 4. The third-order valence-electron chi connectivity index (χ3n) is 1.73. The first-order valence-electron chi connectivity index (χ1n) is 4.09. The summed E-state index contributed by atoms with van der Waals surface area (Å²) in [6.45, 7) is 0. The number of carbonyl (C=O) groups is 1. The number of rotatable bonds is 3. The molecule has 0 spiro atoms. The van der Waals surface area contributed by atoms with E-state index in [0.29, 0.717) is 5.56 Å². The van der Waals surface area contributed by atoms with Crippen molar-refractivity contribution in [3.8, 4) is 5.75 Å². The second kappa shape index (κ2) is 4.28. The molecular weight excluding hydrogens is 196 g/mol. The molecule has 0 saturated carbocycles. The molecule has 0 saturated heterocycles. The van der Waals surface area contributed by atoms with Crippen LogP contribution in [0.25, 0.3) is 6.08 Å². The molecule has 0 aliphatic heterocycles. The van der Waals surface area contributed by atoms with Crippen molar-refractivity contribution < 1.29 is 15.0 Å². The van der Waals surface area contributed by atoms with Gasteiger partial charge in [0, 0.05) is 6.08 Å². The fourth-order valence-corrected chi connectivity index (χ4v) is 1.05. The zero-order valence-electron chi connectivity index (χ0n) is 7.77. The van der Waals surface area contributed by atoms with Gasteiger partial charge in [-0.15, -0.1) is 0 Å². The van der Waals surface area contributed by atoms with Gasteiger partial charge < -0.3 is 15.9 Å². The highest BCUT2D eigenvalue weighted by Gasteiger charge is 2.03. The summed E-state index contributed by atoms with van der Waals surface area (Å²) < 4.78 is 0. The number of aromatic hydroxyl groups is 1. The largest absolute Gasteiger partial charge is 0.507 e. The summed E-state index contributed by atoms with van der Waals surface area (Å²) in [7, 11) is 0. The summed E-state index contributed by atoms with van der Waals surface area (Å²) in [6.07, 6.45) is 2.30. The summed E-state index contributed by atoms with van der Waals surface area (Å²) in [4.78, 5) is 10.2. The van der Waals surface area contributed by atoms with Crippen molar-refractivity contribution in [3.05, 3.63) is 35.4 Å². The van der Waals surface area contributed by atoms with E-state index in [1.807, 2.05) is 0 Å². The number of benzene rings is 1. The standard InChI is InChI=1S/C10H10N2O3/c11-10(12)7-3-1-6(5-8(7)13)2-4-9(14)15/h1-5,13H,(H3,11,12)(H,14,15)/b4-2+. The fourth-order valence-electron chi connectivity index (χ4n) is 1.05. The maximum absolute atomic E-state index is 10.2. The summed E-state index contributed by atoms with van der Waals surface area (Å²) in [5.41, 5.74) is 5.95. The molecule has 0 radical (unpaired) electrons. The van der Waals surface area contributed by atoms with E-state index in [0.717, 1.165) is 6.08 Å². The van der Waals surface area contributed by atoms with Gasteiger partial charge in [-0.1, -0.05) is 6.07 Å². The second-order valence-electron chi connectivity index (χ2n) is 2.86. The maximum atomic E-state index is 10.2. The topological polar surface area (TPSA) is 107 Å². The molecule has 0 atom stereocenters. The van der Waals surface area contributed by atoms with Crippen LogP contribution in [0.4, 0.5) is 0 Å². The Hall–Kier alpha value is -2.30. The van der Waals surface area contributed by atoms with Gasteiger partial charge in [-0.3, -0.25) is 5.41 Å². The third-order valence-corrected chi connectivity index (χ3v) is 1.73. The molecule has 1 aromatic rings. The van der Waals surface area contributed by atoms with Crippen molar-refractivity contribution in [3.63, 3.8) is 0 Å². The molecule has 0 aliphatic carbocycles. The van der Waals surface area contributed by atoms with Crippen LogP contribution in [0.15, 0.2) is 24.3 Å². The van der Waals surface area contributed by atoms with Gasteiger partial charge in [-0.05, 0) is 23.8 Å². The van der Waals surface area contributed by atoms with E-state index in [4.69, 9.17) is 16.2 Å². The number of nitrogens with one attached hydrogen (secondary N) is 1. The molecule has 0 bridgehead atoms. The quantitative estimate of drug-likeness (QED) is 0.333. The van der Waals surface area contributed by atoms with Gasteiger partial charge in [0.05, 0.1) is 5.56 Å². The summed E-state index contributed by atoms with van der Waals surface area (Å²) >= 11 is 0. The number of nitrogens with two attached hydrogens (primary N) is 1. The van der Waals surface area contributed by atoms with Crippen molar-refractivity contribution in [1.29, 1.82) is 5.41 Å². The first kappa shape index (κ1) is 10.8. The van der Waals surface area contributed by atoms with Crippen molar-refractivity contribution in [1.82, 2.24) is 0 Å². The Balaban J connectivity index is 3.01. The first-order chi connectivity index (χ1) is 7.00. The van der Waals surface area contributed by atoms with Gasteiger partial charge in [0.2, 0.25) is 0 Å².